The first-order chi connectivity index (χ1) is 8.51. The minimum Gasteiger partial charge on any atom is -0.481 e. The summed E-state index contributed by atoms with van der Waals surface area (Å²) in [7, 11) is 0. The maximum Gasteiger partial charge on any atom is 0.308 e. The van der Waals surface area contributed by atoms with Crippen LogP contribution in [0.25, 0.3) is 0 Å². The first kappa shape index (κ1) is 13.0. The molecule has 0 aliphatic carbocycles. The van der Waals surface area contributed by atoms with Crippen molar-refractivity contribution in [1.82, 2.24) is 9.88 Å². The molecule has 1 aliphatic heterocycles. The Labute approximate surface area is 109 Å². The molecular formula is C12H16N2O3S. The Bertz CT molecular complexity index is 484. The van der Waals surface area contributed by atoms with Crippen molar-refractivity contribution in [1.29, 1.82) is 0 Å². The highest BCUT2D eigenvalue weighted by molar-refractivity contribution is 7.11. The predicted octanol–water partition coefficient (Wildman–Crippen LogP) is 1.45. The van der Waals surface area contributed by atoms with Crippen LogP contribution in [-0.2, 0) is 22.6 Å². The molecule has 0 saturated carbocycles. The van der Waals surface area contributed by atoms with Gasteiger partial charge in [-0.05, 0) is 13.3 Å². The van der Waals surface area contributed by atoms with E-state index < -0.39 is 11.9 Å². The van der Waals surface area contributed by atoms with Gasteiger partial charge in [0.1, 0.15) is 0 Å². The van der Waals surface area contributed by atoms with Gasteiger partial charge in [-0.2, -0.15) is 0 Å². The van der Waals surface area contributed by atoms with Crippen LogP contribution in [-0.4, -0.2) is 33.4 Å². The van der Waals surface area contributed by atoms with Gasteiger partial charge in [0.15, 0.2) is 0 Å². The molecule has 1 aromatic rings. The second-order valence-corrected chi connectivity index (χ2v) is 5.76. The Morgan fingerprint density at radius 3 is 2.89 bits per heavy atom. The molecule has 1 aromatic heterocycles. The lowest BCUT2D eigenvalue weighted by Crippen LogP contribution is -2.25. The first-order valence-corrected chi connectivity index (χ1v) is 6.78. The summed E-state index contributed by atoms with van der Waals surface area (Å²) in [6, 6.07) is 0. The molecular weight excluding hydrogens is 252 g/mol. The summed E-state index contributed by atoms with van der Waals surface area (Å²) in [5, 5.41) is 9.92. The quantitative estimate of drug-likeness (QED) is 0.897. The van der Waals surface area contributed by atoms with Crippen LogP contribution in [0.5, 0.6) is 0 Å². The van der Waals surface area contributed by atoms with E-state index in [0.717, 1.165) is 22.0 Å². The number of carbonyl (C=O) groups is 2. The number of aliphatic carboxylic acids is 1. The van der Waals surface area contributed by atoms with Crippen molar-refractivity contribution in [3.8, 4) is 0 Å². The van der Waals surface area contributed by atoms with E-state index in [0.29, 0.717) is 13.1 Å². The molecule has 2 heterocycles. The van der Waals surface area contributed by atoms with Crippen LogP contribution in [0.3, 0.4) is 0 Å². The van der Waals surface area contributed by atoms with Gasteiger partial charge in [0.25, 0.3) is 0 Å². The summed E-state index contributed by atoms with van der Waals surface area (Å²) in [4.78, 5) is 29.8. The number of nitrogens with zero attached hydrogens (tertiary/aromatic N) is 2. The standard InChI is InChI=1S/C12H16N2O3S/c1-3-9-10(18-7(2)13-9)6-14-5-8(12(16)17)4-11(14)15/h8H,3-6H2,1-2H3,(H,16,17). The van der Waals surface area contributed by atoms with Gasteiger partial charge in [-0.25, -0.2) is 4.98 Å². The SMILES string of the molecule is CCc1nc(C)sc1CN1CC(C(=O)O)CC1=O. The molecule has 1 fully saturated rings. The monoisotopic (exact) mass is 268 g/mol. The summed E-state index contributed by atoms with van der Waals surface area (Å²) in [5.41, 5.74) is 1.02. The van der Waals surface area contributed by atoms with Crippen LogP contribution < -0.4 is 0 Å². The van der Waals surface area contributed by atoms with E-state index in [2.05, 4.69) is 4.98 Å². The van der Waals surface area contributed by atoms with Crippen LogP contribution in [0.2, 0.25) is 0 Å². The van der Waals surface area contributed by atoms with Gasteiger partial charge in [-0.3, -0.25) is 9.59 Å². The molecule has 0 spiro atoms. The zero-order valence-corrected chi connectivity index (χ0v) is 11.3. The number of hydrogen-bond donors (Lipinski definition) is 1. The third kappa shape index (κ3) is 2.53. The molecule has 1 atom stereocenters. The van der Waals surface area contributed by atoms with Crippen molar-refractivity contribution >= 4 is 23.2 Å². The fraction of sp³-hybridized carbons (Fsp3) is 0.583. The molecule has 18 heavy (non-hydrogen) atoms. The number of aryl methyl sites for hydroxylation is 2. The zero-order valence-electron chi connectivity index (χ0n) is 10.5. The van der Waals surface area contributed by atoms with E-state index in [1.807, 2.05) is 13.8 Å². The van der Waals surface area contributed by atoms with Crippen LogP contribution in [0, 0.1) is 12.8 Å². The van der Waals surface area contributed by atoms with Crippen LogP contribution >= 0.6 is 11.3 Å². The average molecular weight is 268 g/mol. The Balaban J connectivity index is 2.10. The summed E-state index contributed by atoms with van der Waals surface area (Å²) in [6.07, 6.45) is 0.957. The zero-order chi connectivity index (χ0) is 13.3. The van der Waals surface area contributed by atoms with Gasteiger partial charge in [0.05, 0.1) is 23.2 Å². The second kappa shape index (κ2) is 5.06. The van der Waals surface area contributed by atoms with Crippen LogP contribution in [0.4, 0.5) is 0 Å². The van der Waals surface area contributed by atoms with Crippen molar-refractivity contribution in [3.05, 3.63) is 15.6 Å². The topological polar surface area (TPSA) is 70.5 Å². The average Bonchev–Trinajstić information content (AvgIpc) is 2.84. The van der Waals surface area contributed by atoms with E-state index in [1.54, 1.807) is 16.2 Å². The maximum absolute atomic E-state index is 11.7. The minimum atomic E-state index is -0.887. The van der Waals surface area contributed by atoms with Gasteiger partial charge in [-0.1, -0.05) is 6.92 Å². The molecule has 0 aromatic carbocycles. The van der Waals surface area contributed by atoms with Crippen molar-refractivity contribution in [2.75, 3.05) is 6.54 Å². The predicted molar refractivity (Wildman–Crippen MR) is 67.4 cm³/mol. The molecule has 1 saturated heterocycles. The normalized spacial score (nSPS) is 19.6. The van der Waals surface area contributed by atoms with Gasteiger partial charge in [0.2, 0.25) is 5.91 Å². The Hall–Kier alpha value is -1.43. The van der Waals surface area contributed by atoms with Gasteiger partial charge < -0.3 is 10.0 Å². The number of carboxylic acids is 1. The fourth-order valence-electron chi connectivity index (χ4n) is 2.18. The molecule has 1 N–H and O–H groups in total. The maximum atomic E-state index is 11.7. The first-order valence-electron chi connectivity index (χ1n) is 5.97. The molecule has 0 radical (unpaired) electrons. The van der Waals surface area contributed by atoms with Gasteiger partial charge >= 0.3 is 5.97 Å². The molecule has 2 rings (SSSR count). The van der Waals surface area contributed by atoms with Crippen LogP contribution in [0.1, 0.15) is 28.9 Å². The second-order valence-electron chi connectivity index (χ2n) is 4.47. The molecule has 1 unspecified atom stereocenters. The van der Waals surface area contributed by atoms with E-state index in [9.17, 15) is 9.59 Å². The van der Waals surface area contributed by atoms with Crippen molar-refractivity contribution in [2.24, 2.45) is 5.92 Å². The third-order valence-corrected chi connectivity index (χ3v) is 4.12. The summed E-state index contributed by atoms with van der Waals surface area (Å²) in [6.45, 7) is 4.79. The lowest BCUT2D eigenvalue weighted by Gasteiger charge is -2.15. The summed E-state index contributed by atoms with van der Waals surface area (Å²) < 4.78 is 0. The Morgan fingerprint density at radius 2 is 2.33 bits per heavy atom. The van der Waals surface area contributed by atoms with Crippen molar-refractivity contribution < 1.29 is 14.7 Å². The smallest absolute Gasteiger partial charge is 0.308 e. The van der Waals surface area contributed by atoms with E-state index in [-0.39, 0.29) is 12.3 Å². The van der Waals surface area contributed by atoms with Crippen molar-refractivity contribution in [2.45, 2.75) is 33.2 Å². The number of carboxylic acid groups (broad SMARTS) is 1. The molecule has 5 nitrogen and oxygen atoms in total. The molecule has 6 heteroatoms. The molecule has 1 aliphatic rings. The number of rotatable bonds is 4. The molecule has 1 amide bonds. The third-order valence-electron chi connectivity index (χ3n) is 3.12. The lowest BCUT2D eigenvalue weighted by atomic mass is 10.1. The fourth-order valence-corrected chi connectivity index (χ4v) is 3.22. The highest BCUT2D eigenvalue weighted by Gasteiger charge is 2.34. The summed E-state index contributed by atoms with van der Waals surface area (Å²) in [5.74, 6) is -1.52. The number of aromatic nitrogens is 1. The molecule has 98 valence electrons. The summed E-state index contributed by atoms with van der Waals surface area (Å²) >= 11 is 1.59. The van der Waals surface area contributed by atoms with Crippen LogP contribution in [0.15, 0.2) is 0 Å². The minimum absolute atomic E-state index is 0.0736. The highest BCUT2D eigenvalue weighted by Crippen LogP contribution is 2.25. The van der Waals surface area contributed by atoms with E-state index in [1.165, 1.54) is 0 Å². The Kier molecular flexibility index (Phi) is 3.65. The van der Waals surface area contributed by atoms with Gasteiger partial charge in [-0.15, -0.1) is 11.3 Å². The Morgan fingerprint density at radius 1 is 1.61 bits per heavy atom. The number of hydrogen-bond acceptors (Lipinski definition) is 4. The van der Waals surface area contributed by atoms with E-state index in [4.69, 9.17) is 5.11 Å². The number of carbonyl (C=O) groups excluding carboxylic acids is 1. The lowest BCUT2D eigenvalue weighted by molar-refractivity contribution is -0.141. The largest absolute Gasteiger partial charge is 0.481 e. The number of likely N-dealkylation sites (tertiary alicyclic amines) is 1. The highest BCUT2D eigenvalue weighted by atomic mass is 32.1. The van der Waals surface area contributed by atoms with Crippen molar-refractivity contribution in [3.63, 3.8) is 0 Å². The molecule has 0 bridgehead atoms. The van der Waals surface area contributed by atoms with Gasteiger partial charge in [0, 0.05) is 17.8 Å². The number of thiazole rings is 1. The number of amides is 1. The van der Waals surface area contributed by atoms with E-state index >= 15 is 0 Å².